The maximum absolute atomic E-state index is 12.8. The molecular weight excluding hydrogens is 262 g/mol. The number of carbonyl (C=O) groups is 1. The van der Waals surface area contributed by atoms with Crippen LogP contribution in [0.4, 0.5) is 0 Å². The summed E-state index contributed by atoms with van der Waals surface area (Å²) in [5, 5.41) is 4.30. The first kappa shape index (κ1) is 14.0. The molecule has 2 heterocycles. The zero-order valence-electron chi connectivity index (χ0n) is 12.6. The largest absolute Gasteiger partial charge is 0.337 e. The van der Waals surface area contributed by atoms with Gasteiger partial charge >= 0.3 is 0 Å². The van der Waals surface area contributed by atoms with E-state index in [1.807, 2.05) is 49.2 Å². The maximum atomic E-state index is 12.8. The SMILES string of the molecule is CNC1CCCN(C(=O)c2cccc3ccc(C)nc23)C1. The minimum atomic E-state index is 0.0960. The number of amides is 1. The molecule has 21 heavy (non-hydrogen) atoms. The highest BCUT2D eigenvalue weighted by atomic mass is 16.2. The number of carbonyl (C=O) groups excluding carboxylic acids is 1. The number of piperidine rings is 1. The third kappa shape index (κ3) is 2.76. The molecule has 1 unspecified atom stereocenters. The smallest absolute Gasteiger partial charge is 0.256 e. The van der Waals surface area contributed by atoms with E-state index in [0.717, 1.165) is 42.5 Å². The first-order chi connectivity index (χ1) is 10.2. The lowest BCUT2D eigenvalue weighted by atomic mass is 10.0. The van der Waals surface area contributed by atoms with Crippen molar-refractivity contribution in [3.63, 3.8) is 0 Å². The van der Waals surface area contributed by atoms with E-state index in [9.17, 15) is 4.79 Å². The van der Waals surface area contributed by atoms with E-state index in [4.69, 9.17) is 0 Å². The van der Waals surface area contributed by atoms with Gasteiger partial charge in [-0.05, 0) is 38.9 Å². The van der Waals surface area contributed by atoms with Crippen LogP contribution in [-0.2, 0) is 0 Å². The summed E-state index contributed by atoms with van der Waals surface area (Å²) in [7, 11) is 1.96. The van der Waals surface area contributed by atoms with Crippen molar-refractivity contribution in [1.82, 2.24) is 15.2 Å². The summed E-state index contributed by atoms with van der Waals surface area (Å²) in [5.41, 5.74) is 2.47. The van der Waals surface area contributed by atoms with E-state index in [-0.39, 0.29) is 5.91 Å². The number of para-hydroxylation sites is 1. The van der Waals surface area contributed by atoms with Crippen LogP contribution in [0, 0.1) is 6.92 Å². The summed E-state index contributed by atoms with van der Waals surface area (Å²) in [5.74, 6) is 0.0960. The molecule has 0 radical (unpaired) electrons. The Morgan fingerprint density at radius 2 is 2.19 bits per heavy atom. The number of aryl methyl sites for hydroxylation is 1. The molecule has 2 aromatic rings. The molecule has 3 rings (SSSR count). The summed E-state index contributed by atoms with van der Waals surface area (Å²) in [6.45, 7) is 3.56. The zero-order valence-corrected chi connectivity index (χ0v) is 12.6. The number of rotatable bonds is 2. The van der Waals surface area contributed by atoms with Crippen LogP contribution in [0.15, 0.2) is 30.3 Å². The lowest BCUT2D eigenvalue weighted by molar-refractivity contribution is 0.0700. The standard InChI is InChI=1S/C17H21N3O/c1-12-8-9-13-5-3-7-15(16(13)19-12)17(21)20-10-4-6-14(11-20)18-2/h3,5,7-9,14,18H,4,6,10-11H2,1-2H3. The average molecular weight is 283 g/mol. The molecule has 4 heteroatoms. The van der Waals surface area contributed by atoms with Crippen molar-refractivity contribution in [3.8, 4) is 0 Å². The second-order valence-corrected chi connectivity index (χ2v) is 5.71. The summed E-state index contributed by atoms with van der Waals surface area (Å²) in [4.78, 5) is 19.4. The molecule has 1 amide bonds. The highest BCUT2D eigenvalue weighted by Gasteiger charge is 2.24. The molecule has 110 valence electrons. The lowest BCUT2D eigenvalue weighted by Crippen LogP contribution is -2.47. The van der Waals surface area contributed by atoms with Gasteiger partial charge in [0.1, 0.15) is 0 Å². The Morgan fingerprint density at radius 1 is 1.33 bits per heavy atom. The highest BCUT2D eigenvalue weighted by Crippen LogP contribution is 2.21. The van der Waals surface area contributed by atoms with Gasteiger partial charge in [0.25, 0.3) is 5.91 Å². The molecule has 1 aromatic carbocycles. The molecular formula is C17H21N3O. The minimum Gasteiger partial charge on any atom is -0.337 e. The highest BCUT2D eigenvalue weighted by molar-refractivity contribution is 6.05. The number of nitrogens with one attached hydrogen (secondary N) is 1. The molecule has 1 saturated heterocycles. The van der Waals surface area contributed by atoms with Crippen molar-refractivity contribution in [2.75, 3.05) is 20.1 Å². The van der Waals surface area contributed by atoms with Crippen LogP contribution in [0.25, 0.3) is 10.9 Å². The topological polar surface area (TPSA) is 45.2 Å². The monoisotopic (exact) mass is 283 g/mol. The number of hydrogen-bond donors (Lipinski definition) is 1. The van der Waals surface area contributed by atoms with Crippen molar-refractivity contribution in [1.29, 1.82) is 0 Å². The normalized spacial score (nSPS) is 19.0. The number of likely N-dealkylation sites (N-methyl/N-ethyl adjacent to an activating group) is 1. The van der Waals surface area contributed by atoms with E-state index in [0.29, 0.717) is 11.6 Å². The van der Waals surface area contributed by atoms with Crippen LogP contribution in [-0.4, -0.2) is 42.0 Å². The van der Waals surface area contributed by atoms with Gasteiger partial charge in [-0.1, -0.05) is 18.2 Å². The van der Waals surface area contributed by atoms with E-state index < -0.39 is 0 Å². The molecule has 1 fully saturated rings. The number of aromatic nitrogens is 1. The van der Waals surface area contributed by atoms with Crippen molar-refractivity contribution in [2.45, 2.75) is 25.8 Å². The van der Waals surface area contributed by atoms with E-state index in [1.54, 1.807) is 0 Å². The number of fused-ring (bicyclic) bond motifs is 1. The molecule has 0 saturated carbocycles. The molecule has 1 aliphatic rings. The van der Waals surface area contributed by atoms with Gasteiger partial charge in [-0.15, -0.1) is 0 Å². The molecule has 4 nitrogen and oxygen atoms in total. The summed E-state index contributed by atoms with van der Waals surface area (Å²) < 4.78 is 0. The fraction of sp³-hybridized carbons (Fsp3) is 0.412. The van der Waals surface area contributed by atoms with E-state index in [1.165, 1.54) is 0 Å². The second-order valence-electron chi connectivity index (χ2n) is 5.71. The van der Waals surface area contributed by atoms with Crippen molar-refractivity contribution >= 4 is 16.8 Å². The summed E-state index contributed by atoms with van der Waals surface area (Å²) in [6, 6.07) is 10.2. The van der Waals surface area contributed by atoms with Gasteiger partial charge in [-0.2, -0.15) is 0 Å². The first-order valence-electron chi connectivity index (χ1n) is 7.52. The van der Waals surface area contributed by atoms with Crippen molar-refractivity contribution in [3.05, 3.63) is 41.6 Å². The van der Waals surface area contributed by atoms with Crippen LogP contribution in [0.3, 0.4) is 0 Å². The first-order valence-corrected chi connectivity index (χ1v) is 7.52. The fourth-order valence-electron chi connectivity index (χ4n) is 2.98. The van der Waals surface area contributed by atoms with Gasteiger partial charge in [0.15, 0.2) is 0 Å². The van der Waals surface area contributed by atoms with Gasteiger partial charge in [0, 0.05) is 30.2 Å². The van der Waals surface area contributed by atoms with Crippen molar-refractivity contribution < 1.29 is 4.79 Å². The van der Waals surface area contributed by atoms with Crippen LogP contribution in [0.2, 0.25) is 0 Å². The molecule has 0 spiro atoms. The Bertz CT molecular complexity index is 668. The second kappa shape index (κ2) is 5.82. The Kier molecular flexibility index (Phi) is 3.88. The predicted octanol–water partition coefficient (Wildman–Crippen LogP) is 2.37. The van der Waals surface area contributed by atoms with Gasteiger partial charge in [0.2, 0.25) is 0 Å². The summed E-state index contributed by atoms with van der Waals surface area (Å²) >= 11 is 0. The third-order valence-electron chi connectivity index (χ3n) is 4.21. The molecule has 1 atom stereocenters. The van der Waals surface area contributed by atoms with E-state index in [2.05, 4.69) is 10.3 Å². The molecule has 1 aromatic heterocycles. The Balaban J connectivity index is 1.96. The molecule has 0 aliphatic carbocycles. The van der Waals surface area contributed by atoms with Gasteiger partial charge in [-0.25, -0.2) is 0 Å². The van der Waals surface area contributed by atoms with Gasteiger partial charge < -0.3 is 10.2 Å². The van der Waals surface area contributed by atoms with Gasteiger partial charge in [-0.3, -0.25) is 9.78 Å². The zero-order chi connectivity index (χ0) is 14.8. The van der Waals surface area contributed by atoms with Crippen LogP contribution < -0.4 is 5.32 Å². The van der Waals surface area contributed by atoms with Crippen molar-refractivity contribution in [2.24, 2.45) is 0 Å². The van der Waals surface area contributed by atoms with E-state index >= 15 is 0 Å². The van der Waals surface area contributed by atoms with Crippen LogP contribution in [0.1, 0.15) is 28.9 Å². The lowest BCUT2D eigenvalue weighted by Gasteiger charge is -2.32. The third-order valence-corrected chi connectivity index (χ3v) is 4.21. The predicted molar refractivity (Wildman–Crippen MR) is 84.5 cm³/mol. The van der Waals surface area contributed by atoms with Crippen LogP contribution in [0.5, 0.6) is 0 Å². The molecule has 1 aliphatic heterocycles. The molecule has 1 N–H and O–H groups in total. The number of hydrogen-bond acceptors (Lipinski definition) is 3. The Hall–Kier alpha value is -1.94. The average Bonchev–Trinajstić information content (AvgIpc) is 2.53. The minimum absolute atomic E-state index is 0.0960. The van der Waals surface area contributed by atoms with Gasteiger partial charge in [0.05, 0.1) is 11.1 Å². The number of likely N-dealkylation sites (tertiary alicyclic amines) is 1. The fourth-order valence-corrected chi connectivity index (χ4v) is 2.98. The maximum Gasteiger partial charge on any atom is 0.256 e. The number of benzene rings is 1. The molecule has 0 bridgehead atoms. The number of pyridine rings is 1. The van der Waals surface area contributed by atoms with Crippen LogP contribution >= 0.6 is 0 Å². The number of nitrogens with zero attached hydrogens (tertiary/aromatic N) is 2. The Morgan fingerprint density at radius 3 is 3.00 bits per heavy atom. The quantitative estimate of drug-likeness (QED) is 0.920. The Labute approximate surface area is 125 Å². The summed E-state index contributed by atoms with van der Waals surface area (Å²) in [6.07, 6.45) is 2.18.